The van der Waals surface area contributed by atoms with E-state index >= 15 is 0 Å². The molecule has 5 aromatic carbocycles. The lowest BCUT2D eigenvalue weighted by Gasteiger charge is -2.19. The van der Waals surface area contributed by atoms with Crippen molar-refractivity contribution in [2.75, 3.05) is 14.2 Å². The smallest absolute Gasteiger partial charge is 0.142 e. The van der Waals surface area contributed by atoms with Gasteiger partial charge in [-0.25, -0.2) is 0 Å². The highest BCUT2D eigenvalue weighted by Crippen LogP contribution is 2.52. The average molecular weight is 483 g/mol. The van der Waals surface area contributed by atoms with E-state index in [-0.39, 0.29) is 0 Å². The first-order valence-electron chi connectivity index (χ1n) is 10.4. The van der Waals surface area contributed by atoms with Crippen molar-refractivity contribution in [2.24, 2.45) is 0 Å². The summed E-state index contributed by atoms with van der Waals surface area (Å²) < 4.78 is 19.3. The van der Waals surface area contributed by atoms with Crippen molar-refractivity contribution in [1.82, 2.24) is 0 Å². The lowest BCUT2D eigenvalue weighted by Crippen LogP contribution is -1.96. The minimum atomic E-state index is 0.714. The van der Waals surface area contributed by atoms with Gasteiger partial charge in [0, 0.05) is 21.5 Å². The number of halogens is 1. The lowest BCUT2D eigenvalue weighted by atomic mass is 9.90. The quantitative estimate of drug-likeness (QED) is 0.237. The normalized spacial score (nSPS) is 11.6. The minimum Gasteiger partial charge on any atom is -0.496 e. The SMILES string of the molecule is COc1cc2oc3ccccc3c2c(OC)c1-c1c2ccccc2c(Br)c2ccccc12. The molecule has 0 atom stereocenters. The van der Waals surface area contributed by atoms with Gasteiger partial charge in [-0.3, -0.25) is 0 Å². The van der Waals surface area contributed by atoms with Crippen molar-refractivity contribution in [1.29, 1.82) is 0 Å². The van der Waals surface area contributed by atoms with Gasteiger partial charge in [0.15, 0.2) is 0 Å². The Balaban J connectivity index is 1.89. The van der Waals surface area contributed by atoms with Crippen LogP contribution in [0.1, 0.15) is 0 Å². The summed E-state index contributed by atoms with van der Waals surface area (Å²) in [7, 11) is 3.40. The van der Waals surface area contributed by atoms with E-state index in [0.717, 1.165) is 64.8 Å². The Kier molecular flexibility index (Phi) is 4.37. The minimum absolute atomic E-state index is 0.714. The molecule has 6 aromatic rings. The predicted molar refractivity (Wildman–Crippen MR) is 135 cm³/mol. The number of hydrogen-bond acceptors (Lipinski definition) is 3. The predicted octanol–water partition coefficient (Wildman–Crippen LogP) is 8.34. The largest absolute Gasteiger partial charge is 0.496 e. The molecule has 0 aliphatic rings. The van der Waals surface area contributed by atoms with Gasteiger partial charge in [0.2, 0.25) is 0 Å². The highest BCUT2D eigenvalue weighted by atomic mass is 79.9. The number of furan rings is 1. The van der Waals surface area contributed by atoms with Crippen LogP contribution in [0, 0.1) is 0 Å². The van der Waals surface area contributed by atoms with Gasteiger partial charge in [-0.15, -0.1) is 0 Å². The van der Waals surface area contributed by atoms with Gasteiger partial charge in [-0.2, -0.15) is 0 Å². The third-order valence-corrected chi connectivity index (χ3v) is 6.98. The Morgan fingerprint density at radius 1 is 0.625 bits per heavy atom. The maximum absolute atomic E-state index is 6.15. The Hall–Kier alpha value is -3.50. The first-order chi connectivity index (χ1) is 15.7. The van der Waals surface area contributed by atoms with Crippen LogP contribution in [-0.2, 0) is 0 Å². The molecule has 0 bridgehead atoms. The van der Waals surface area contributed by atoms with E-state index in [1.807, 2.05) is 24.3 Å². The van der Waals surface area contributed by atoms with E-state index < -0.39 is 0 Å². The maximum atomic E-state index is 6.15. The zero-order valence-corrected chi connectivity index (χ0v) is 19.2. The van der Waals surface area contributed by atoms with Gasteiger partial charge in [-0.1, -0.05) is 66.7 Å². The number of benzene rings is 5. The first kappa shape index (κ1) is 19.2. The highest BCUT2D eigenvalue weighted by Gasteiger charge is 2.25. The summed E-state index contributed by atoms with van der Waals surface area (Å²) in [6, 6.07) is 26.9. The van der Waals surface area contributed by atoms with Gasteiger partial charge in [0.05, 0.1) is 25.2 Å². The summed E-state index contributed by atoms with van der Waals surface area (Å²) in [6.45, 7) is 0. The molecule has 156 valence electrons. The Morgan fingerprint density at radius 2 is 1.19 bits per heavy atom. The average Bonchev–Trinajstić information content (AvgIpc) is 3.22. The molecule has 0 N–H and O–H groups in total. The molecule has 0 aliphatic heterocycles. The first-order valence-corrected chi connectivity index (χ1v) is 11.2. The van der Waals surface area contributed by atoms with Crippen molar-refractivity contribution in [3.8, 4) is 22.6 Å². The van der Waals surface area contributed by atoms with Crippen LogP contribution in [0.25, 0.3) is 54.6 Å². The molecule has 0 amide bonds. The van der Waals surface area contributed by atoms with Crippen LogP contribution < -0.4 is 9.47 Å². The van der Waals surface area contributed by atoms with Gasteiger partial charge >= 0.3 is 0 Å². The fourth-order valence-electron chi connectivity index (χ4n) is 4.77. The highest BCUT2D eigenvalue weighted by molar-refractivity contribution is 9.10. The van der Waals surface area contributed by atoms with Crippen LogP contribution in [0.2, 0.25) is 0 Å². The second-order valence-electron chi connectivity index (χ2n) is 7.74. The van der Waals surface area contributed by atoms with E-state index in [1.165, 1.54) is 0 Å². The number of ether oxygens (including phenoxy) is 2. The summed E-state index contributed by atoms with van der Waals surface area (Å²) in [4.78, 5) is 0. The molecule has 1 aromatic heterocycles. The van der Waals surface area contributed by atoms with Crippen molar-refractivity contribution < 1.29 is 13.9 Å². The molecule has 0 aliphatic carbocycles. The Morgan fingerprint density at radius 3 is 1.78 bits per heavy atom. The zero-order valence-electron chi connectivity index (χ0n) is 17.6. The number of hydrogen-bond donors (Lipinski definition) is 0. The lowest BCUT2D eigenvalue weighted by molar-refractivity contribution is 0.400. The molecular formula is C28H19BrO3. The summed E-state index contributed by atoms with van der Waals surface area (Å²) in [5, 5.41) is 6.51. The molecule has 0 unspecified atom stereocenters. The molecule has 6 rings (SSSR count). The molecule has 4 heteroatoms. The molecule has 0 radical (unpaired) electrons. The molecule has 0 fully saturated rings. The molecule has 1 heterocycles. The summed E-state index contributed by atoms with van der Waals surface area (Å²) in [5.41, 5.74) is 3.58. The second kappa shape index (κ2) is 7.28. The third-order valence-electron chi connectivity index (χ3n) is 6.13. The number of methoxy groups -OCH3 is 2. The fourth-order valence-corrected chi connectivity index (χ4v) is 5.47. The number of fused-ring (bicyclic) bond motifs is 5. The van der Waals surface area contributed by atoms with Crippen LogP contribution in [-0.4, -0.2) is 14.2 Å². The van der Waals surface area contributed by atoms with Gasteiger partial charge < -0.3 is 13.9 Å². The van der Waals surface area contributed by atoms with E-state index in [1.54, 1.807) is 14.2 Å². The van der Waals surface area contributed by atoms with Gasteiger partial charge in [-0.05, 0) is 43.5 Å². The summed E-state index contributed by atoms with van der Waals surface area (Å²) in [5.74, 6) is 1.47. The molecule has 3 nitrogen and oxygen atoms in total. The number of para-hydroxylation sites is 1. The summed E-state index contributed by atoms with van der Waals surface area (Å²) >= 11 is 3.85. The Bertz CT molecular complexity index is 1610. The van der Waals surface area contributed by atoms with Crippen molar-refractivity contribution in [3.63, 3.8) is 0 Å². The van der Waals surface area contributed by atoms with Crippen LogP contribution in [0.15, 0.2) is 87.8 Å². The maximum Gasteiger partial charge on any atom is 0.142 e. The third kappa shape index (κ3) is 2.59. The van der Waals surface area contributed by atoms with E-state index in [9.17, 15) is 0 Å². The molecule has 0 saturated carbocycles. The number of rotatable bonds is 3. The standard InChI is InChI=1S/C28H19BrO3/c1-30-22-15-23-25(20-13-7-8-14-21(20)32-23)28(31-2)26(22)24-16-9-3-5-11-18(16)27(29)19-12-6-4-10-17(19)24/h3-15H,1-2H3. The topological polar surface area (TPSA) is 31.6 Å². The van der Waals surface area contributed by atoms with Crippen LogP contribution >= 0.6 is 15.9 Å². The molecule has 0 spiro atoms. The van der Waals surface area contributed by atoms with Crippen LogP contribution in [0.4, 0.5) is 0 Å². The molecule has 0 saturated heterocycles. The van der Waals surface area contributed by atoms with Crippen molar-refractivity contribution in [3.05, 3.63) is 83.3 Å². The van der Waals surface area contributed by atoms with E-state index in [4.69, 9.17) is 13.9 Å². The zero-order chi connectivity index (χ0) is 21.8. The van der Waals surface area contributed by atoms with Crippen LogP contribution in [0.3, 0.4) is 0 Å². The fraction of sp³-hybridized carbons (Fsp3) is 0.0714. The van der Waals surface area contributed by atoms with Crippen LogP contribution in [0.5, 0.6) is 11.5 Å². The Labute approximate surface area is 193 Å². The van der Waals surface area contributed by atoms with E-state index in [0.29, 0.717) is 5.75 Å². The van der Waals surface area contributed by atoms with Gasteiger partial charge in [0.25, 0.3) is 0 Å². The molecule has 32 heavy (non-hydrogen) atoms. The molecular weight excluding hydrogens is 464 g/mol. The summed E-state index contributed by atoms with van der Waals surface area (Å²) in [6.07, 6.45) is 0. The van der Waals surface area contributed by atoms with E-state index in [2.05, 4.69) is 70.5 Å². The van der Waals surface area contributed by atoms with Crippen molar-refractivity contribution >= 4 is 59.4 Å². The second-order valence-corrected chi connectivity index (χ2v) is 8.53. The van der Waals surface area contributed by atoms with Gasteiger partial charge in [0.1, 0.15) is 22.7 Å². The van der Waals surface area contributed by atoms with Crippen molar-refractivity contribution in [2.45, 2.75) is 0 Å². The monoisotopic (exact) mass is 482 g/mol.